The highest BCUT2D eigenvalue weighted by molar-refractivity contribution is 5.19. The van der Waals surface area contributed by atoms with Crippen molar-refractivity contribution in [2.24, 2.45) is 5.92 Å². The van der Waals surface area contributed by atoms with Crippen molar-refractivity contribution in [2.75, 3.05) is 20.2 Å². The number of hydrogen-bond donors (Lipinski definition) is 1. The number of likely N-dealkylation sites (N-methyl/N-ethyl adjacent to an activating group) is 1. The molecule has 0 amide bonds. The van der Waals surface area contributed by atoms with Gasteiger partial charge in [0.2, 0.25) is 0 Å². The maximum Gasteiger partial charge on any atom is 0.123 e. The predicted octanol–water partition coefficient (Wildman–Crippen LogP) is 3.54. The van der Waals surface area contributed by atoms with Crippen molar-refractivity contribution in [3.8, 4) is 0 Å². The van der Waals surface area contributed by atoms with Gasteiger partial charge in [-0.3, -0.25) is 0 Å². The minimum absolute atomic E-state index is 0.0714. The summed E-state index contributed by atoms with van der Waals surface area (Å²) < 4.78 is 19.0. The zero-order chi connectivity index (χ0) is 13.4. The van der Waals surface area contributed by atoms with Gasteiger partial charge in [0.25, 0.3) is 0 Å². The lowest BCUT2D eigenvalue weighted by Gasteiger charge is -2.18. The Labute approximate surface area is 110 Å². The topological polar surface area (TPSA) is 21.3 Å². The van der Waals surface area contributed by atoms with Crippen molar-refractivity contribution in [3.63, 3.8) is 0 Å². The fraction of sp³-hybridized carbons (Fsp3) is 0.600. The molecular formula is C15H24FNO. The first-order valence-electron chi connectivity index (χ1n) is 6.65. The van der Waals surface area contributed by atoms with Crippen LogP contribution in [0.3, 0.4) is 0 Å². The molecule has 0 bridgehead atoms. The summed E-state index contributed by atoms with van der Waals surface area (Å²) in [4.78, 5) is 0. The van der Waals surface area contributed by atoms with Crippen LogP contribution in [0, 0.1) is 11.7 Å². The van der Waals surface area contributed by atoms with E-state index in [1.807, 2.05) is 13.1 Å². The summed E-state index contributed by atoms with van der Waals surface area (Å²) in [6.45, 7) is 5.83. The van der Waals surface area contributed by atoms with E-state index in [-0.39, 0.29) is 11.9 Å². The number of ether oxygens (including phenoxy) is 1. The Morgan fingerprint density at radius 1 is 1.33 bits per heavy atom. The molecule has 0 radical (unpaired) electrons. The van der Waals surface area contributed by atoms with Crippen LogP contribution in [0.25, 0.3) is 0 Å². The van der Waals surface area contributed by atoms with Crippen molar-refractivity contribution >= 4 is 0 Å². The Bertz CT molecular complexity index is 341. The van der Waals surface area contributed by atoms with E-state index in [0.717, 1.165) is 25.0 Å². The third-order valence-corrected chi connectivity index (χ3v) is 2.85. The summed E-state index contributed by atoms with van der Waals surface area (Å²) in [5.74, 6) is 0.491. The molecule has 0 saturated carbocycles. The Balaban J connectivity index is 2.49. The lowest BCUT2D eigenvalue weighted by atomic mass is 10.1. The summed E-state index contributed by atoms with van der Waals surface area (Å²) in [5.41, 5.74) is 0.897. The van der Waals surface area contributed by atoms with E-state index in [4.69, 9.17) is 4.74 Å². The first kappa shape index (κ1) is 15.1. The van der Waals surface area contributed by atoms with Gasteiger partial charge in [-0.2, -0.15) is 0 Å². The van der Waals surface area contributed by atoms with Crippen LogP contribution in [0.2, 0.25) is 0 Å². The summed E-state index contributed by atoms with van der Waals surface area (Å²) in [6, 6.07) is 6.64. The third-order valence-electron chi connectivity index (χ3n) is 2.85. The average Bonchev–Trinajstić information content (AvgIpc) is 2.33. The van der Waals surface area contributed by atoms with Gasteiger partial charge in [-0.25, -0.2) is 4.39 Å². The van der Waals surface area contributed by atoms with Gasteiger partial charge in [0, 0.05) is 13.2 Å². The lowest BCUT2D eigenvalue weighted by Crippen LogP contribution is -2.20. The van der Waals surface area contributed by atoms with E-state index in [1.54, 1.807) is 12.1 Å². The Kier molecular flexibility index (Phi) is 6.91. The number of halogens is 1. The fourth-order valence-corrected chi connectivity index (χ4v) is 1.88. The van der Waals surface area contributed by atoms with Gasteiger partial charge in [0.05, 0.1) is 6.10 Å². The maximum atomic E-state index is 13.2. The molecule has 0 aliphatic heterocycles. The number of nitrogens with one attached hydrogen (secondary N) is 1. The molecule has 2 nitrogen and oxygen atoms in total. The molecular weight excluding hydrogens is 229 g/mol. The van der Waals surface area contributed by atoms with Gasteiger partial charge in [0.15, 0.2) is 0 Å². The molecule has 102 valence electrons. The molecule has 1 N–H and O–H groups in total. The van der Waals surface area contributed by atoms with Crippen LogP contribution in [0.1, 0.15) is 38.4 Å². The van der Waals surface area contributed by atoms with Crippen LogP contribution in [0.15, 0.2) is 24.3 Å². The highest BCUT2D eigenvalue weighted by atomic mass is 19.1. The molecule has 1 unspecified atom stereocenters. The molecule has 0 spiro atoms. The molecule has 0 aromatic heterocycles. The first-order chi connectivity index (χ1) is 8.63. The molecule has 0 aliphatic rings. The number of benzene rings is 1. The monoisotopic (exact) mass is 253 g/mol. The number of hydrogen-bond acceptors (Lipinski definition) is 2. The van der Waals surface area contributed by atoms with Crippen LogP contribution < -0.4 is 5.32 Å². The van der Waals surface area contributed by atoms with E-state index in [2.05, 4.69) is 19.2 Å². The van der Waals surface area contributed by atoms with Crippen molar-refractivity contribution in [1.82, 2.24) is 5.32 Å². The SMILES string of the molecule is CNCC(OCCCC(C)C)c1cccc(F)c1. The second-order valence-electron chi connectivity index (χ2n) is 5.01. The van der Waals surface area contributed by atoms with Crippen LogP contribution in [-0.4, -0.2) is 20.2 Å². The molecule has 0 saturated heterocycles. The van der Waals surface area contributed by atoms with E-state index in [1.165, 1.54) is 6.07 Å². The minimum atomic E-state index is -0.209. The summed E-state index contributed by atoms with van der Waals surface area (Å²) >= 11 is 0. The predicted molar refractivity (Wildman–Crippen MR) is 73.1 cm³/mol. The molecule has 3 heteroatoms. The average molecular weight is 253 g/mol. The smallest absolute Gasteiger partial charge is 0.123 e. The van der Waals surface area contributed by atoms with Gasteiger partial charge >= 0.3 is 0 Å². The zero-order valence-electron chi connectivity index (χ0n) is 11.6. The molecule has 0 aliphatic carbocycles. The molecule has 1 atom stereocenters. The van der Waals surface area contributed by atoms with Gasteiger partial charge in [0.1, 0.15) is 5.82 Å². The molecule has 0 heterocycles. The van der Waals surface area contributed by atoms with Crippen molar-refractivity contribution in [2.45, 2.75) is 32.8 Å². The summed E-state index contributed by atoms with van der Waals surface area (Å²) in [7, 11) is 1.88. The fourth-order valence-electron chi connectivity index (χ4n) is 1.88. The molecule has 18 heavy (non-hydrogen) atoms. The highest BCUT2D eigenvalue weighted by Crippen LogP contribution is 2.18. The van der Waals surface area contributed by atoms with Crippen LogP contribution in [-0.2, 0) is 4.74 Å². The number of rotatable bonds is 8. The second-order valence-corrected chi connectivity index (χ2v) is 5.01. The summed E-state index contributed by atoms with van der Waals surface area (Å²) in [5, 5.41) is 3.09. The first-order valence-corrected chi connectivity index (χ1v) is 6.65. The van der Waals surface area contributed by atoms with E-state index in [0.29, 0.717) is 12.5 Å². The minimum Gasteiger partial charge on any atom is -0.372 e. The Hall–Kier alpha value is -0.930. The third kappa shape index (κ3) is 5.61. The van der Waals surface area contributed by atoms with Gasteiger partial charge in [-0.05, 0) is 43.5 Å². The Morgan fingerprint density at radius 2 is 2.11 bits per heavy atom. The second kappa shape index (κ2) is 8.22. The molecule has 0 fully saturated rings. The van der Waals surface area contributed by atoms with Crippen LogP contribution in [0.5, 0.6) is 0 Å². The largest absolute Gasteiger partial charge is 0.372 e. The zero-order valence-corrected chi connectivity index (χ0v) is 11.6. The normalized spacial score (nSPS) is 12.9. The quantitative estimate of drug-likeness (QED) is 0.715. The highest BCUT2D eigenvalue weighted by Gasteiger charge is 2.11. The lowest BCUT2D eigenvalue weighted by molar-refractivity contribution is 0.0498. The van der Waals surface area contributed by atoms with Gasteiger partial charge < -0.3 is 10.1 Å². The van der Waals surface area contributed by atoms with Gasteiger partial charge in [-0.15, -0.1) is 0 Å². The Morgan fingerprint density at radius 3 is 2.72 bits per heavy atom. The van der Waals surface area contributed by atoms with Crippen molar-refractivity contribution in [3.05, 3.63) is 35.6 Å². The van der Waals surface area contributed by atoms with Crippen LogP contribution in [0.4, 0.5) is 4.39 Å². The molecule has 1 aromatic carbocycles. The maximum absolute atomic E-state index is 13.2. The standard InChI is InChI=1S/C15H24FNO/c1-12(2)6-5-9-18-15(11-17-3)13-7-4-8-14(16)10-13/h4,7-8,10,12,15,17H,5-6,9,11H2,1-3H3. The van der Waals surface area contributed by atoms with Crippen molar-refractivity contribution in [1.29, 1.82) is 0 Å². The van der Waals surface area contributed by atoms with E-state index < -0.39 is 0 Å². The van der Waals surface area contributed by atoms with Crippen molar-refractivity contribution < 1.29 is 9.13 Å². The van der Waals surface area contributed by atoms with E-state index >= 15 is 0 Å². The molecule has 1 rings (SSSR count). The molecule has 1 aromatic rings. The van der Waals surface area contributed by atoms with E-state index in [9.17, 15) is 4.39 Å². The summed E-state index contributed by atoms with van der Waals surface area (Å²) in [6.07, 6.45) is 2.14. The van der Waals surface area contributed by atoms with Gasteiger partial charge in [-0.1, -0.05) is 26.0 Å². The van der Waals surface area contributed by atoms with Crippen LogP contribution >= 0.6 is 0 Å².